The van der Waals surface area contributed by atoms with Crippen LogP contribution >= 0.6 is 7.82 Å². The number of ether oxygens (including phenoxy) is 2. The fraction of sp³-hybridized carbons (Fsp3) is 0.547. The van der Waals surface area contributed by atoms with E-state index in [1.54, 1.807) is 12.2 Å². The average molecular weight is 973 g/mol. The first-order valence-corrected chi connectivity index (χ1v) is 25.6. The summed E-state index contributed by atoms with van der Waals surface area (Å²) in [6, 6.07) is 0. The van der Waals surface area contributed by atoms with Gasteiger partial charge in [0.15, 0.2) is 6.10 Å². The first kappa shape index (κ1) is 62.0. The maximum Gasteiger partial charge on any atom is 0.472 e. The van der Waals surface area contributed by atoms with E-state index < -0.39 is 81.8 Å². The van der Waals surface area contributed by atoms with E-state index in [-0.39, 0.29) is 12.8 Å². The van der Waals surface area contributed by atoms with Crippen LogP contribution in [0.15, 0.2) is 134 Å². The van der Waals surface area contributed by atoms with Gasteiger partial charge in [0.1, 0.15) is 43.2 Å². The predicted molar refractivity (Wildman–Crippen MR) is 268 cm³/mol. The van der Waals surface area contributed by atoms with E-state index in [4.69, 9.17) is 18.5 Å². The lowest BCUT2D eigenvalue weighted by Crippen LogP contribution is -2.64. The number of allylic oxidation sites excluding steroid dienone is 20. The summed E-state index contributed by atoms with van der Waals surface area (Å²) in [5.74, 6) is -1.27. The molecule has 0 saturated heterocycles. The topological polar surface area (TPSA) is 230 Å². The lowest BCUT2D eigenvalue weighted by atomic mass is 9.85. The number of aliphatic hydroxyl groups is 6. The monoisotopic (exact) mass is 973 g/mol. The molecule has 1 aliphatic carbocycles. The van der Waals surface area contributed by atoms with Gasteiger partial charge in [0.25, 0.3) is 0 Å². The molecule has 0 heterocycles. The Hall–Kier alpha value is -4.05. The van der Waals surface area contributed by atoms with Crippen LogP contribution in [-0.2, 0) is 32.7 Å². The Bertz CT molecular complexity index is 1710. The van der Waals surface area contributed by atoms with Gasteiger partial charge in [-0.25, -0.2) is 4.57 Å². The van der Waals surface area contributed by atoms with E-state index in [1.165, 1.54) is 0 Å². The maximum atomic E-state index is 12.8. The Kier molecular flexibility index (Phi) is 37.2. The Morgan fingerprint density at radius 1 is 0.529 bits per heavy atom. The molecule has 0 radical (unpaired) electrons. The zero-order valence-corrected chi connectivity index (χ0v) is 41.1. The van der Waals surface area contributed by atoms with Crippen molar-refractivity contribution in [1.82, 2.24) is 0 Å². The molecule has 0 aromatic heterocycles. The summed E-state index contributed by atoms with van der Waals surface area (Å²) in [4.78, 5) is 35.7. The highest BCUT2D eigenvalue weighted by atomic mass is 31.2. The predicted octanol–water partition coefficient (Wildman–Crippen LogP) is 8.91. The SMILES string of the molecule is CC/C=C\C/C=C\C/C=C\C/C=C\C/C=C\CCCCCC(=O)OC[C@H](COP(=O)(O)OC1[C@H](O)[C@H](O)C(O)[C@H](O)[C@H]1O)OC(=O)CC/C=C\C/C=C\C/C=C\C/C=C/C=C/C(O)C/C=C\CC. The van der Waals surface area contributed by atoms with Crippen LogP contribution in [0.2, 0.25) is 0 Å². The first-order valence-electron chi connectivity index (χ1n) is 24.1. The Labute approximate surface area is 405 Å². The number of hydrogen-bond donors (Lipinski definition) is 7. The van der Waals surface area contributed by atoms with Crippen molar-refractivity contribution in [2.45, 2.75) is 172 Å². The van der Waals surface area contributed by atoms with Crippen molar-refractivity contribution < 1.29 is 68.2 Å². The summed E-state index contributed by atoms with van der Waals surface area (Å²) in [6.45, 7) is 2.87. The van der Waals surface area contributed by atoms with E-state index in [2.05, 4.69) is 74.6 Å². The molecule has 0 amide bonds. The van der Waals surface area contributed by atoms with Crippen LogP contribution < -0.4 is 0 Å². The molecule has 1 rings (SSSR count). The van der Waals surface area contributed by atoms with Crippen LogP contribution in [0.4, 0.5) is 0 Å². The second kappa shape index (κ2) is 40.8. The van der Waals surface area contributed by atoms with Crippen LogP contribution in [-0.4, -0.2) is 110 Å². The van der Waals surface area contributed by atoms with Gasteiger partial charge in [0.2, 0.25) is 0 Å². The van der Waals surface area contributed by atoms with E-state index in [9.17, 15) is 49.7 Å². The molecule has 1 fully saturated rings. The van der Waals surface area contributed by atoms with Crippen molar-refractivity contribution in [1.29, 1.82) is 0 Å². The third kappa shape index (κ3) is 32.7. The summed E-state index contributed by atoms with van der Waals surface area (Å²) >= 11 is 0. The van der Waals surface area contributed by atoms with Crippen molar-refractivity contribution in [2.75, 3.05) is 13.2 Å². The van der Waals surface area contributed by atoms with Gasteiger partial charge in [0, 0.05) is 12.8 Å². The number of phosphoric ester groups is 1. The largest absolute Gasteiger partial charge is 0.472 e. The molecular formula is C53H81O14P. The van der Waals surface area contributed by atoms with Crippen LogP contribution in [0, 0.1) is 0 Å². The Morgan fingerprint density at radius 2 is 1.00 bits per heavy atom. The zero-order chi connectivity index (χ0) is 50.1. The minimum atomic E-state index is -5.17. The second-order valence-electron chi connectivity index (χ2n) is 16.0. The molecule has 0 aromatic carbocycles. The van der Waals surface area contributed by atoms with Gasteiger partial charge >= 0.3 is 19.8 Å². The Balaban J connectivity index is 2.55. The molecule has 9 atom stereocenters. The molecule has 0 aliphatic heterocycles. The molecule has 1 saturated carbocycles. The van der Waals surface area contributed by atoms with Crippen LogP contribution in [0.5, 0.6) is 0 Å². The number of esters is 2. The van der Waals surface area contributed by atoms with E-state index in [0.29, 0.717) is 25.7 Å². The standard InChI is InChI=1S/C53H81O14P/c1-3-5-7-8-9-10-11-12-13-14-15-16-17-20-23-26-29-32-36-40-46(55)64-42-45(43-65-68(62,63)67-53-51(60)49(58)48(57)50(59)52(53)61)66-47(56)41-37-33-30-27-24-21-18-19-22-25-28-31-35-39-44(54)38-34-6-4-2/h5-7,9-10,12-13,15-16,19-24,28,30-31,33-35,39,44-45,48-54,57-61H,3-4,8,11,14,17-18,25-27,29,32,36-38,40-43H2,1-2H3,(H,62,63)/b7-5-,10-9-,13-12-,16-15-,22-19-,23-20-,24-21-,31-28+,33-30-,34-6-,39-35+/t44?,45-,48?,49-,50+,51-,52-,53?/m1/s1. The van der Waals surface area contributed by atoms with Crippen molar-refractivity contribution in [3.63, 3.8) is 0 Å². The molecule has 0 spiro atoms. The van der Waals surface area contributed by atoms with E-state index >= 15 is 0 Å². The summed E-state index contributed by atoms with van der Waals surface area (Å²) in [5, 5.41) is 60.1. The molecule has 0 aromatic rings. The van der Waals surface area contributed by atoms with Crippen molar-refractivity contribution in [2.24, 2.45) is 0 Å². The van der Waals surface area contributed by atoms with Gasteiger partial charge in [-0.2, -0.15) is 0 Å². The lowest BCUT2D eigenvalue weighted by molar-refractivity contribution is -0.220. The van der Waals surface area contributed by atoms with Crippen LogP contribution in [0.3, 0.4) is 0 Å². The quantitative estimate of drug-likeness (QED) is 0.0101. The zero-order valence-electron chi connectivity index (χ0n) is 40.2. The smallest absolute Gasteiger partial charge is 0.462 e. The first-order chi connectivity index (χ1) is 32.8. The highest BCUT2D eigenvalue weighted by Crippen LogP contribution is 2.47. The van der Waals surface area contributed by atoms with Gasteiger partial charge in [-0.3, -0.25) is 18.6 Å². The number of carbonyl (C=O) groups is 2. The summed E-state index contributed by atoms with van der Waals surface area (Å²) in [5.41, 5.74) is 0. The Morgan fingerprint density at radius 3 is 1.54 bits per heavy atom. The van der Waals surface area contributed by atoms with Crippen molar-refractivity contribution >= 4 is 19.8 Å². The fourth-order valence-electron chi connectivity index (χ4n) is 6.25. The average Bonchev–Trinajstić information content (AvgIpc) is 3.32. The molecule has 15 heteroatoms. The van der Waals surface area contributed by atoms with Gasteiger partial charge < -0.3 is 45.0 Å². The summed E-state index contributed by atoms with van der Waals surface area (Å²) < 4.78 is 33.4. The van der Waals surface area contributed by atoms with E-state index in [0.717, 1.165) is 70.6 Å². The molecule has 382 valence electrons. The highest BCUT2D eigenvalue weighted by molar-refractivity contribution is 7.47. The number of unbranched alkanes of at least 4 members (excludes halogenated alkanes) is 3. The molecule has 0 bridgehead atoms. The van der Waals surface area contributed by atoms with Gasteiger partial charge in [-0.05, 0) is 89.9 Å². The van der Waals surface area contributed by atoms with Gasteiger partial charge in [-0.15, -0.1) is 0 Å². The minimum absolute atomic E-state index is 0.0608. The van der Waals surface area contributed by atoms with Crippen molar-refractivity contribution in [3.8, 4) is 0 Å². The van der Waals surface area contributed by atoms with Crippen molar-refractivity contribution in [3.05, 3.63) is 134 Å². The molecule has 1 aliphatic rings. The summed E-state index contributed by atoms with van der Waals surface area (Å²) in [6.07, 6.45) is 42.6. The summed E-state index contributed by atoms with van der Waals surface area (Å²) in [7, 11) is -5.17. The number of hydrogen-bond acceptors (Lipinski definition) is 13. The number of phosphoric acid groups is 1. The van der Waals surface area contributed by atoms with Gasteiger partial charge in [0.05, 0.1) is 12.7 Å². The second-order valence-corrected chi connectivity index (χ2v) is 17.5. The highest BCUT2D eigenvalue weighted by Gasteiger charge is 2.51. The van der Waals surface area contributed by atoms with Crippen LogP contribution in [0.1, 0.15) is 123 Å². The molecule has 14 nitrogen and oxygen atoms in total. The number of rotatable bonds is 37. The minimum Gasteiger partial charge on any atom is -0.462 e. The number of aliphatic hydroxyl groups excluding tert-OH is 6. The molecule has 68 heavy (non-hydrogen) atoms. The normalized spacial score (nSPS) is 22.7. The van der Waals surface area contributed by atoms with Gasteiger partial charge in [-0.1, -0.05) is 154 Å². The lowest BCUT2D eigenvalue weighted by Gasteiger charge is -2.41. The third-order valence-electron chi connectivity index (χ3n) is 10.1. The number of carbonyl (C=O) groups excluding carboxylic acids is 2. The third-order valence-corrected chi connectivity index (χ3v) is 11.1. The van der Waals surface area contributed by atoms with Crippen LogP contribution in [0.25, 0.3) is 0 Å². The molecular weight excluding hydrogens is 892 g/mol. The fourth-order valence-corrected chi connectivity index (χ4v) is 7.22. The molecule has 7 N–H and O–H groups in total. The maximum absolute atomic E-state index is 12.8. The molecule has 4 unspecified atom stereocenters. The van der Waals surface area contributed by atoms with E-state index in [1.807, 2.05) is 60.8 Å².